The molecule has 1 aromatic rings. The Morgan fingerprint density at radius 3 is 2.88 bits per heavy atom. The quantitative estimate of drug-likeness (QED) is 0.914. The molecule has 1 heterocycles. The van der Waals surface area contributed by atoms with Gasteiger partial charge in [0.25, 0.3) is 0 Å². The molecule has 0 saturated heterocycles. The number of anilines is 1. The zero-order chi connectivity index (χ0) is 12.5. The Balaban J connectivity index is 2.46. The zero-order valence-electron chi connectivity index (χ0n) is 9.39. The van der Waals surface area contributed by atoms with Gasteiger partial charge in [-0.25, -0.2) is 8.42 Å². The van der Waals surface area contributed by atoms with E-state index in [1.165, 1.54) is 0 Å². The lowest BCUT2D eigenvalue weighted by atomic mass is 10.2. The minimum absolute atomic E-state index is 0.182. The molecule has 2 N–H and O–H groups in total. The first-order chi connectivity index (χ1) is 8.06. The van der Waals surface area contributed by atoms with Gasteiger partial charge in [0.2, 0.25) is 0 Å². The first-order valence-electron chi connectivity index (χ1n) is 5.52. The number of fused-ring (bicyclic) bond motifs is 1. The maximum Gasteiger partial charge on any atom is 0.182 e. The predicted octanol–water partition coefficient (Wildman–Crippen LogP) is 1.39. The number of hydrogen-bond donors (Lipinski definition) is 1. The van der Waals surface area contributed by atoms with Crippen LogP contribution < -0.4 is 10.6 Å². The van der Waals surface area contributed by atoms with Gasteiger partial charge in [0.05, 0.1) is 16.3 Å². The fraction of sp³-hybridized carbons (Fsp3) is 0.455. The smallest absolute Gasteiger partial charge is 0.182 e. The first-order valence-corrected chi connectivity index (χ1v) is 7.97. The summed E-state index contributed by atoms with van der Waals surface area (Å²) in [5.41, 5.74) is 6.28. The summed E-state index contributed by atoms with van der Waals surface area (Å²) >= 11 is 3.43. The lowest BCUT2D eigenvalue weighted by Crippen LogP contribution is -2.36. The van der Waals surface area contributed by atoms with Crippen LogP contribution in [0.25, 0.3) is 0 Å². The highest BCUT2D eigenvalue weighted by Crippen LogP contribution is 2.36. The van der Waals surface area contributed by atoms with E-state index in [4.69, 9.17) is 5.73 Å². The molecule has 6 heteroatoms. The molecule has 0 atom stereocenters. The molecule has 2 rings (SSSR count). The maximum absolute atomic E-state index is 12.0. The van der Waals surface area contributed by atoms with Crippen LogP contribution in [-0.4, -0.2) is 33.8 Å². The molecule has 0 saturated carbocycles. The van der Waals surface area contributed by atoms with Gasteiger partial charge in [-0.1, -0.05) is 6.07 Å². The van der Waals surface area contributed by atoms with Gasteiger partial charge in [0.15, 0.2) is 9.84 Å². The van der Waals surface area contributed by atoms with Crippen molar-refractivity contribution in [1.82, 2.24) is 0 Å². The molecule has 94 valence electrons. The van der Waals surface area contributed by atoms with Gasteiger partial charge in [0, 0.05) is 17.6 Å². The molecule has 1 aromatic carbocycles. The molecule has 4 nitrogen and oxygen atoms in total. The van der Waals surface area contributed by atoms with E-state index in [0.29, 0.717) is 18.0 Å². The second-order valence-electron chi connectivity index (χ2n) is 4.03. The number of halogens is 1. The SMILES string of the molecule is NCCCN1CCS(=O)(=O)c2cccc(Br)c21. The van der Waals surface area contributed by atoms with E-state index in [-0.39, 0.29) is 5.75 Å². The van der Waals surface area contributed by atoms with E-state index in [1.807, 2.05) is 6.07 Å². The van der Waals surface area contributed by atoms with Gasteiger partial charge in [-0.3, -0.25) is 0 Å². The van der Waals surface area contributed by atoms with E-state index in [0.717, 1.165) is 23.1 Å². The summed E-state index contributed by atoms with van der Waals surface area (Å²) in [7, 11) is -3.13. The second-order valence-corrected chi connectivity index (χ2v) is 6.97. The van der Waals surface area contributed by atoms with Crippen molar-refractivity contribution in [2.45, 2.75) is 11.3 Å². The molecule has 0 amide bonds. The van der Waals surface area contributed by atoms with Gasteiger partial charge in [-0.2, -0.15) is 0 Å². The number of nitrogens with zero attached hydrogens (tertiary/aromatic N) is 1. The highest BCUT2D eigenvalue weighted by Gasteiger charge is 2.29. The first kappa shape index (κ1) is 12.9. The predicted molar refractivity (Wildman–Crippen MR) is 72.1 cm³/mol. The van der Waals surface area contributed by atoms with Gasteiger partial charge < -0.3 is 10.6 Å². The maximum atomic E-state index is 12.0. The normalized spacial score (nSPS) is 17.9. The van der Waals surface area contributed by atoms with Crippen molar-refractivity contribution in [3.05, 3.63) is 22.7 Å². The topological polar surface area (TPSA) is 63.4 Å². The number of sulfone groups is 1. The highest BCUT2D eigenvalue weighted by molar-refractivity contribution is 9.10. The van der Waals surface area contributed by atoms with E-state index in [1.54, 1.807) is 12.1 Å². The standard InChI is InChI=1S/C11H15BrN2O2S/c12-9-3-1-4-10-11(9)14(6-2-5-13)7-8-17(10,15)16/h1,3-4H,2,5-8,13H2. The van der Waals surface area contributed by atoms with Crippen molar-refractivity contribution in [1.29, 1.82) is 0 Å². The van der Waals surface area contributed by atoms with Crippen molar-refractivity contribution >= 4 is 31.5 Å². The molecule has 0 spiro atoms. The van der Waals surface area contributed by atoms with Crippen molar-refractivity contribution in [3.63, 3.8) is 0 Å². The van der Waals surface area contributed by atoms with Crippen LogP contribution in [0.2, 0.25) is 0 Å². The average Bonchev–Trinajstić information content (AvgIpc) is 2.29. The van der Waals surface area contributed by atoms with Crippen LogP contribution in [0.1, 0.15) is 6.42 Å². The molecule has 0 bridgehead atoms. The molecule has 17 heavy (non-hydrogen) atoms. The highest BCUT2D eigenvalue weighted by atomic mass is 79.9. The van der Waals surface area contributed by atoms with Crippen LogP contribution >= 0.6 is 15.9 Å². The fourth-order valence-corrected chi connectivity index (χ4v) is 4.26. The van der Waals surface area contributed by atoms with Crippen LogP contribution in [0.5, 0.6) is 0 Å². The average molecular weight is 319 g/mol. The molecule has 0 unspecified atom stereocenters. The van der Waals surface area contributed by atoms with Crippen LogP contribution in [0.4, 0.5) is 5.69 Å². The Labute approximate surface area is 110 Å². The monoisotopic (exact) mass is 318 g/mol. The molecule has 0 radical (unpaired) electrons. The Bertz CT molecular complexity index is 516. The Morgan fingerprint density at radius 2 is 2.18 bits per heavy atom. The van der Waals surface area contributed by atoms with Crippen molar-refractivity contribution < 1.29 is 8.42 Å². The Morgan fingerprint density at radius 1 is 1.41 bits per heavy atom. The summed E-state index contributed by atoms with van der Waals surface area (Å²) in [5, 5.41) is 0. The summed E-state index contributed by atoms with van der Waals surface area (Å²) in [6.07, 6.45) is 0.862. The van der Waals surface area contributed by atoms with Crippen molar-refractivity contribution in [2.75, 3.05) is 30.3 Å². The molecular formula is C11H15BrN2O2S. The third-order valence-electron chi connectivity index (χ3n) is 2.86. The minimum Gasteiger partial charge on any atom is -0.368 e. The summed E-state index contributed by atoms with van der Waals surface area (Å²) in [5.74, 6) is 0.182. The van der Waals surface area contributed by atoms with E-state index in [9.17, 15) is 8.42 Å². The third kappa shape index (κ3) is 2.48. The molecule has 0 aromatic heterocycles. The summed E-state index contributed by atoms with van der Waals surface area (Å²) in [6.45, 7) is 1.95. The van der Waals surface area contributed by atoms with E-state index in [2.05, 4.69) is 20.8 Å². The number of benzene rings is 1. The summed E-state index contributed by atoms with van der Waals surface area (Å²) in [6, 6.07) is 5.30. The number of hydrogen-bond acceptors (Lipinski definition) is 4. The molecule has 1 aliphatic heterocycles. The van der Waals surface area contributed by atoms with Gasteiger partial charge in [0.1, 0.15) is 0 Å². The van der Waals surface area contributed by atoms with Crippen LogP contribution in [0, 0.1) is 0 Å². The zero-order valence-corrected chi connectivity index (χ0v) is 11.8. The Hall–Kier alpha value is -0.590. The van der Waals surface area contributed by atoms with Crippen LogP contribution in [-0.2, 0) is 9.84 Å². The lowest BCUT2D eigenvalue weighted by molar-refractivity contribution is 0.588. The molecule has 1 aliphatic rings. The van der Waals surface area contributed by atoms with Crippen molar-refractivity contribution in [2.24, 2.45) is 5.73 Å². The van der Waals surface area contributed by atoms with E-state index < -0.39 is 9.84 Å². The van der Waals surface area contributed by atoms with Crippen LogP contribution in [0.15, 0.2) is 27.6 Å². The van der Waals surface area contributed by atoms with Crippen molar-refractivity contribution in [3.8, 4) is 0 Å². The fourth-order valence-electron chi connectivity index (χ4n) is 2.01. The summed E-state index contributed by atoms with van der Waals surface area (Å²) in [4.78, 5) is 2.52. The summed E-state index contributed by atoms with van der Waals surface area (Å²) < 4.78 is 24.8. The number of nitrogens with two attached hydrogens (primary N) is 1. The Kier molecular flexibility index (Phi) is 3.75. The third-order valence-corrected chi connectivity index (χ3v) is 5.22. The van der Waals surface area contributed by atoms with Crippen LogP contribution in [0.3, 0.4) is 0 Å². The number of rotatable bonds is 3. The second kappa shape index (κ2) is 4.96. The van der Waals surface area contributed by atoms with Gasteiger partial charge in [-0.05, 0) is 41.0 Å². The van der Waals surface area contributed by atoms with Gasteiger partial charge in [-0.15, -0.1) is 0 Å². The molecule has 0 aliphatic carbocycles. The minimum atomic E-state index is -3.13. The lowest BCUT2D eigenvalue weighted by Gasteiger charge is -2.31. The largest absolute Gasteiger partial charge is 0.368 e. The van der Waals surface area contributed by atoms with Gasteiger partial charge >= 0.3 is 0 Å². The van der Waals surface area contributed by atoms with E-state index >= 15 is 0 Å². The molecule has 0 fully saturated rings. The molecular weight excluding hydrogens is 304 g/mol. The number of para-hydroxylation sites is 1.